The molecule has 10 nitrogen and oxygen atoms in total. The zero-order chi connectivity index (χ0) is 25.6. The molecule has 0 atom stereocenters. The first kappa shape index (κ1) is 24.0. The Kier molecular flexibility index (Phi) is 6.07. The number of pyridine rings is 1. The monoisotopic (exact) mass is 516 g/mol. The number of aromatic nitrogens is 6. The summed E-state index contributed by atoms with van der Waals surface area (Å²) in [5.41, 5.74) is 0.258. The second-order valence-electron chi connectivity index (χ2n) is 9.75. The molecule has 0 unspecified atom stereocenters. The minimum absolute atomic E-state index is 0.0926. The number of rotatable bonds is 4. The van der Waals surface area contributed by atoms with Gasteiger partial charge in [0, 0.05) is 31.7 Å². The van der Waals surface area contributed by atoms with E-state index in [1.165, 1.54) is 9.70 Å². The average Bonchev–Trinajstić information content (AvgIpc) is 3.43. The Morgan fingerprint density at radius 1 is 1.08 bits per heavy atom. The highest BCUT2D eigenvalue weighted by molar-refractivity contribution is 6.29. The lowest BCUT2D eigenvalue weighted by Crippen LogP contribution is -2.49. The lowest BCUT2D eigenvalue weighted by molar-refractivity contribution is 0.0744. The highest BCUT2D eigenvalue weighted by Gasteiger charge is 2.27. The molecule has 0 bridgehead atoms. The van der Waals surface area contributed by atoms with Crippen LogP contribution >= 0.6 is 11.6 Å². The Bertz CT molecular complexity index is 1420. The van der Waals surface area contributed by atoms with Crippen LogP contribution in [0.2, 0.25) is 5.15 Å². The lowest BCUT2D eigenvalue weighted by atomic mass is 9.97. The van der Waals surface area contributed by atoms with Gasteiger partial charge in [-0.15, -0.1) is 10.2 Å². The molecular formula is C23H23ClF2N8O2. The molecule has 188 valence electrons. The van der Waals surface area contributed by atoms with Crippen LogP contribution in [0, 0.1) is 17.0 Å². The minimum Gasteiger partial charge on any atom is -0.422 e. The van der Waals surface area contributed by atoms with Crippen LogP contribution < -0.4 is 4.90 Å². The number of anilines is 1. The van der Waals surface area contributed by atoms with Gasteiger partial charge in [-0.3, -0.25) is 4.79 Å². The molecule has 1 aliphatic heterocycles. The average molecular weight is 517 g/mol. The van der Waals surface area contributed by atoms with E-state index < -0.39 is 23.1 Å². The number of amides is 1. The second-order valence-corrected chi connectivity index (χ2v) is 10.1. The number of piperazine rings is 1. The summed E-state index contributed by atoms with van der Waals surface area (Å²) in [4.78, 5) is 26.2. The van der Waals surface area contributed by atoms with Crippen molar-refractivity contribution in [3.8, 4) is 11.4 Å². The van der Waals surface area contributed by atoms with Crippen molar-refractivity contribution >= 4 is 34.8 Å². The van der Waals surface area contributed by atoms with Gasteiger partial charge in [-0.1, -0.05) is 32.4 Å². The molecule has 0 saturated carbocycles. The van der Waals surface area contributed by atoms with E-state index in [4.69, 9.17) is 16.0 Å². The van der Waals surface area contributed by atoms with Gasteiger partial charge >= 0.3 is 0 Å². The predicted octanol–water partition coefficient (Wildman–Crippen LogP) is 3.82. The van der Waals surface area contributed by atoms with Crippen LogP contribution in [-0.2, 0) is 6.54 Å². The standard InChI is InChI=1S/C23H23ClF2N8O2/c1-23(2,3)12-34-30-20(29-31-34)18-14(25)10-13(11-15(18)26)21(35)32-6-8-33(9-7-32)22-28-19-16(36-22)4-5-17(24)27-19/h4-5,10-11H,6-9,12H2,1-3H3. The highest BCUT2D eigenvalue weighted by Crippen LogP contribution is 2.27. The fourth-order valence-electron chi connectivity index (χ4n) is 3.95. The van der Waals surface area contributed by atoms with Crippen LogP contribution in [0.15, 0.2) is 28.7 Å². The van der Waals surface area contributed by atoms with Crippen molar-refractivity contribution < 1.29 is 18.0 Å². The third-order valence-electron chi connectivity index (χ3n) is 5.63. The smallest absolute Gasteiger partial charge is 0.300 e. The van der Waals surface area contributed by atoms with Gasteiger partial charge in [-0.05, 0) is 34.9 Å². The number of oxazole rings is 1. The number of benzene rings is 1. The third-order valence-corrected chi connectivity index (χ3v) is 5.84. The lowest BCUT2D eigenvalue weighted by Gasteiger charge is -2.33. The van der Waals surface area contributed by atoms with Gasteiger partial charge in [0.1, 0.15) is 16.8 Å². The van der Waals surface area contributed by atoms with Crippen molar-refractivity contribution in [3.63, 3.8) is 0 Å². The summed E-state index contributed by atoms with van der Waals surface area (Å²) in [6.45, 7) is 7.87. The number of tetrazole rings is 1. The molecule has 3 aromatic heterocycles. The van der Waals surface area contributed by atoms with Crippen LogP contribution in [0.3, 0.4) is 0 Å². The predicted molar refractivity (Wildman–Crippen MR) is 128 cm³/mol. The van der Waals surface area contributed by atoms with Gasteiger partial charge in [0.2, 0.25) is 11.5 Å². The molecule has 1 saturated heterocycles. The van der Waals surface area contributed by atoms with Gasteiger partial charge in [-0.2, -0.15) is 9.78 Å². The van der Waals surface area contributed by atoms with E-state index in [1.54, 1.807) is 12.1 Å². The first-order valence-electron chi connectivity index (χ1n) is 11.3. The Balaban J connectivity index is 1.28. The van der Waals surface area contributed by atoms with Gasteiger partial charge < -0.3 is 14.2 Å². The maximum Gasteiger partial charge on any atom is 0.300 e. The number of hydrogen-bond donors (Lipinski definition) is 0. The summed E-state index contributed by atoms with van der Waals surface area (Å²) >= 11 is 5.90. The van der Waals surface area contributed by atoms with Crippen LogP contribution in [0.1, 0.15) is 31.1 Å². The molecule has 36 heavy (non-hydrogen) atoms. The summed E-state index contributed by atoms with van der Waals surface area (Å²) in [7, 11) is 0. The van der Waals surface area contributed by atoms with E-state index >= 15 is 0 Å². The van der Waals surface area contributed by atoms with E-state index in [0.29, 0.717) is 55.1 Å². The zero-order valence-electron chi connectivity index (χ0n) is 19.9. The van der Waals surface area contributed by atoms with Crippen molar-refractivity contribution in [2.75, 3.05) is 31.1 Å². The molecule has 13 heteroatoms. The first-order chi connectivity index (χ1) is 17.1. The Morgan fingerprint density at radius 3 is 2.44 bits per heavy atom. The fraction of sp³-hybridized carbons (Fsp3) is 0.391. The third kappa shape index (κ3) is 4.85. The van der Waals surface area contributed by atoms with Crippen molar-refractivity contribution in [2.45, 2.75) is 27.3 Å². The normalized spacial score (nSPS) is 14.6. The number of hydrogen-bond acceptors (Lipinski definition) is 8. The molecule has 4 aromatic rings. The van der Waals surface area contributed by atoms with Gasteiger partial charge in [-0.25, -0.2) is 13.8 Å². The Hall–Kier alpha value is -3.67. The SMILES string of the molecule is CC(C)(C)Cn1nnc(-c2c(F)cc(C(=O)N3CCN(c4nc5nc(Cl)ccc5o4)CC3)cc2F)n1. The van der Waals surface area contributed by atoms with Crippen LogP contribution in [-0.4, -0.2) is 67.2 Å². The van der Waals surface area contributed by atoms with Crippen LogP contribution in [0.4, 0.5) is 14.8 Å². The van der Waals surface area contributed by atoms with Gasteiger partial charge in [0.05, 0.1) is 12.1 Å². The summed E-state index contributed by atoms with van der Waals surface area (Å²) in [5.74, 6) is -2.50. The summed E-state index contributed by atoms with van der Waals surface area (Å²) in [6.07, 6.45) is 0. The zero-order valence-corrected chi connectivity index (χ0v) is 20.6. The summed E-state index contributed by atoms with van der Waals surface area (Å²) in [5, 5.41) is 12.1. The molecule has 4 heterocycles. The maximum absolute atomic E-state index is 14.9. The van der Waals surface area contributed by atoms with E-state index in [9.17, 15) is 13.6 Å². The van der Waals surface area contributed by atoms with E-state index in [2.05, 4.69) is 25.4 Å². The van der Waals surface area contributed by atoms with Gasteiger partial charge in [0.25, 0.3) is 11.9 Å². The Morgan fingerprint density at radius 2 is 1.78 bits per heavy atom. The molecule has 0 radical (unpaired) electrons. The number of halogens is 3. The molecule has 1 aliphatic rings. The number of carbonyl (C=O) groups excluding carboxylic acids is 1. The van der Waals surface area contributed by atoms with Crippen molar-refractivity contribution in [1.82, 2.24) is 35.1 Å². The molecule has 0 aliphatic carbocycles. The van der Waals surface area contributed by atoms with Crippen molar-refractivity contribution in [3.05, 3.63) is 46.6 Å². The Labute approximate surface area is 209 Å². The molecule has 1 aromatic carbocycles. The minimum atomic E-state index is -0.926. The summed E-state index contributed by atoms with van der Waals surface area (Å²) < 4.78 is 35.6. The molecule has 1 amide bonds. The number of fused-ring (bicyclic) bond motifs is 1. The maximum atomic E-state index is 14.9. The van der Waals surface area contributed by atoms with Gasteiger partial charge in [0.15, 0.2) is 5.58 Å². The van der Waals surface area contributed by atoms with E-state index in [-0.39, 0.29) is 16.8 Å². The summed E-state index contributed by atoms with van der Waals surface area (Å²) in [6, 6.07) is 5.69. The molecule has 0 N–H and O–H groups in total. The highest BCUT2D eigenvalue weighted by atomic mass is 35.5. The fourth-order valence-corrected chi connectivity index (χ4v) is 4.09. The second kappa shape index (κ2) is 9.08. The topological polar surface area (TPSA) is 106 Å². The molecular weight excluding hydrogens is 494 g/mol. The molecule has 1 fully saturated rings. The van der Waals surface area contributed by atoms with Crippen molar-refractivity contribution in [1.29, 1.82) is 0 Å². The number of nitrogens with zero attached hydrogens (tertiary/aromatic N) is 8. The van der Waals surface area contributed by atoms with E-state index in [0.717, 1.165) is 12.1 Å². The van der Waals surface area contributed by atoms with E-state index in [1.807, 2.05) is 25.7 Å². The van der Waals surface area contributed by atoms with Crippen LogP contribution in [0.5, 0.6) is 0 Å². The number of carbonyl (C=O) groups is 1. The first-order valence-corrected chi connectivity index (χ1v) is 11.7. The quantitative estimate of drug-likeness (QED) is 0.377. The molecule has 0 spiro atoms. The molecule has 5 rings (SSSR count). The largest absolute Gasteiger partial charge is 0.422 e. The van der Waals surface area contributed by atoms with Crippen molar-refractivity contribution in [2.24, 2.45) is 5.41 Å². The van der Waals surface area contributed by atoms with Crippen LogP contribution in [0.25, 0.3) is 22.6 Å².